The van der Waals surface area contributed by atoms with Gasteiger partial charge in [0.05, 0.1) is 10.5 Å². The van der Waals surface area contributed by atoms with Crippen LogP contribution in [0.25, 0.3) is 0 Å². The average Bonchev–Trinajstić information content (AvgIpc) is 2.92. The van der Waals surface area contributed by atoms with E-state index >= 15 is 0 Å². The summed E-state index contributed by atoms with van der Waals surface area (Å²) in [4.78, 5) is 19.2. The van der Waals surface area contributed by atoms with Gasteiger partial charge < -0.3 is 15.4 Å². The number of hydrogen-bond donors (Lipinski definition) is 3. The Labute approximate surface area is 119 Å². The van der Waals surface area contributed by atoms with Crippen LogP contribution in [0.3, 0.4) is 0 Å². The Balaban J connectivity index is 2.13. The molecule has 2 rings (SSSR count). The molecular weight excluding hydrogens is 310 g/mol. The van der Waals surface area contributed by atoms with Crippen LogP contribution in [0.5, 0.6) is 5.75 Å². The molecule has 5 nitrogen and oxygen atoms in total. The summed E-state index contributed by atoms with van der Waals surface area (Å²) in [6.07, 6.45) is 4.09. The highest BCUT2D eigenvalue weighted by Crippen LogP contribution is 2.24. The van der Waals surface area contributed by atoms with Gasteiger partial charge in [0.1, 0.15) is 11.6 Å². The van der Waals surface area contributed by atoms with Crippen molar-refractivity contribution in [1.82, 2.24) is 15.3 Å². The number of aromatic hydroxyl groups is 1. The number of carbonyl (C=O) groups is 1. The van der Waals surface area contributed by atoms with Gasteiger partial charge in [-0.15, -0.1) is 0 Å². The number of benzene rings is 1. The average molecular weight is 324 g/mol. The molecule has 1 aromatic carbocycles. The molecule has 6 heteroatoms. The second kappa shape index (κ2) is 5.88. The zero-order chi connectivity index (χ0) is 13.8. The van der Waals surface area contributed by atoms with Crippen molar-refractivity contribution >= 4 is 21.8 Å². The van der Waals surface area contributed by atoms with Gasteiger partial charge in [0, 0.05) is 18.0 Å². The van der Waals surface area contributed by atoms with Crippen molar-refractivity contribution in [3.63, 3.8) is 0 Å². The minimum Gasteiger partial charge on any atom is -0.507 e. The second-order valence-electron chi connectivity index (χ2n) is 4.07. The number of nitrogens with zero attached hydrogens (tertiary/aromatic N) is 1. The molecule has 1 amide bonds. The van der Waals surface area contributed by atoms with Crippen molar-refractivity contribution in [2.45, 2.75) is 19.4 Å². The number of amides is 1. The van der Waals surface area contributed by atoms with Gasteiger partial charge in [-0.3, -0.25) is 4.79 Å². The molecule has 1 aromatic heterocycles. The third-order valence-corrected chi connectivity index (χ3v) is 3.44. The number of rotatable bonds is 4. The van der Waals surface area contributed by atoms with Crippen LogP contribution in [0.15, 0.2) is 35.1 Å². The topological polar surface area (TPSA) is 78.0 Å². The van der Waals surface area contributed by atoms with Gasteiger partial charge in [-0.1, -0.05) is 6.92 Å². The highest BCUT2D eigenvalue weighted by Gasteiger charge is 2.16. The van der Waals surface area contributed by atoms with E-state index in [0.29, 0.717) is 10.0 Å². The van der Waals surface area contributed by atoms with Gasteiger partial charge in [-0.05, 0) is 40.5 Å². The third-order valence-electron chi connectivity index (χ3n) is 2.77. The number of hydrogen-bond acceptors (Lipinski definition) is 3. The van der Waals surface area contributed by atoms with Crippen molar-refractivity contribution < 1.29 is 9.90 Å². The number of imidazole rings is 1. The van der Waals surface area contributed by atoms with Crippen LogP contribution in [-0.2, 0) is 0 Å². The Bertz CT molecular complexity index is 569. The fraction of sp³-hybridized carbons (Fsp3) is 0.231. The van der Waals surface area contributed by atoms with Crippen LogP contribution in [0, 0.1) is 0 Å². The molecule has 2 aromatic rings. The number of phenolic OH excluding ortho intramolecular Hbond substituents is 1. The molecule has 1 unspecified atom stereocenters. The van der Waals surface area contributed by atoms with E-state index < -0.39 is 0 Å². The number of halogens is 1. The summed E-state index contributed by atoms with van der Waals surface area (Å²) < 4.78 is 0.558. The molecule has 0 aliphatic rings. The fourth-order valence-electron chi connectivity index (χ4n) is 1.73. The summed E-state index contributed by atoms with van der Waals surface area (Å²) in [5, 5.41) is 12.5. The summed E-state index contributed by atoms with van der Waals surface area (Å²) in [5.41, 5.74) is 0.408. The number of aromatic nitrogens is 2. The lowest BCUT2D eigenvalue weighted by molar-refractivity contribution is 0.0933. The van der Waals surface area contributed by atoms with E-state index in [2.05, 4.69) is 31.2 Å². The smallest absolute Gasteiger partial charge is 0.252 e. The monoisotopic (exact) mass is 323 g/mol. The summed E-state index contributed by atoms with van der Waals surface area (Å²) in [5.74, 6) is 0.516. The maximum atomic E-state index is 12.1. The lowest BCUT2D eigenvalue weighted by Crippen LogP contribution is -2.28. The van der Waals surface area contributed by atoms with Gasteiger partial charge in [-0.2, -0.15) is 0 Å². The van der Waals surface area contributed by atoms with Gasteiger partial charge in [-0.25, -0.2) is 4.98 Å². The third kappa shape index (κ3) is 3.14. The maximum Gasteiger partial charge on any atom is 0.252 e. The zero-order valence-corrected chi connectivity index (χ0v) is 11.9. The Morgan fingerprint density at radius 3 is 2.95 bits per heavy atom. The van der Waals surface area contributed by atoms with Crippen molar-refractivity contribution in [1.29, 1.82) is 0 Å². The number of carbonyl (C=O) groups excluding carboxylic acids is 1. The van der Waals surface area contributed by atoms with Gasteiger partial charge in [0.15, 0.2) is 0 Å². The van der Waals surface area contributed by atoms with E-state index in [0.717, 1.165) is 12.2 Å². The predicted octanol–water partition coefficient (Wildman–Crippen LogP) is 2.76. The van der Waals surface area contributed by atoms with E-state index in [1.165, 1.54) is 6.07 Å². The first kappa shape index (κ1) is 13.6. The Hall–Kier alpha value is -1.82. The summed E-state index contributed by atoms with van der Waals surface area (Å²) in [6, 6.07) is 4.54. The highest BCUT2D eigenvalue weighted by molar-refractivity contribution is 9.10. The largest absolute Gasteiger partial charge is 0.507 e. The zero-order valence-electron chi connectivity index (χ0n) is 10.4. The van der Waals surface area contributed by atoms with Gasteiger partial charge in [0.25, 0.3) is 5.91 Å². The van der Waals surface area contributed by atoms with E-state index in [9.17, 15) is 9.90 Å². The molecule has 0 bridgehead atoms. The van der Waals surface area contributed by atoms with E-state index in [1.807, 2.05) is 6.92 Å². The molecule has 0 saturated heterocycles. The molecule has 1 heterocycles. The summed E-state index contributed by atoms with van der Waals surface area (Å²) in [7, 11) is 0. The molecule has 0 spiro atoms. The normalized spacial score (nSPS) is 12.1. The number of H-pyrrole nitrogens is 1. The minimum atomic E-state index is -0.244. The van der Waals surface area contributed by atoms with Crippen LogP contribution < -0.4 is 5.32 Å². The summed E-state index contributed by atoms with van der Waals surface area (Å²) in [6.45, 7) is 1.96. The van der Waals surface area contributed by atoms with Crippen LogP contribution in [-0.4, -0.2) is 21.0 Å². The molecular formula is C13H14BrN3O2. The number of aromatic amines is 1. The molecule has 19 heavy (non-hydrogen) atoms. The molecule has 1 atom stereocenters. The number of nitrogens with one attached hydrogen (secondary N) is 2. The second-order valence-corrected chi connectivity index (χ2v) is 4.93. The molecule has 0 fully saturated rings. The van der Waals surface area contributed by atoms with Crippen LogP contribution in [0.2, 0.25) is 0 Å². The van der Waals surface area contributed by atoms with Crippen molar-refractivity contribution in [2.75, 3.05) is 0 Å². The minimum absolute atomic E-state index is 0.0405. The standard InChI is InChI=1S/C13H14BrN3O2/c1-2-10(12-15-5-6-16-12)17-13(19)8-3-4-9(14)11(18)7-8/h3-7,10,18H,2H2,1H3,(H,15,16)(H,17,19). The van der Waals surface area contributed by atoms with E-state index in [1.54, 1.807) is 24.5 Å². The van der Waals surface area contributed by atoms with Crippen LogP contribution in [0.1, 0.15) is 35.6 Å². The molecule has 0 radical (unpaired) electrons. The van der Waals surface area contributed by atoms with E-state index in [-0.39, 0.29) is 17.7 Å². The lowest BCUT2D eigenvalue weighted by Gasteiger charge is -2.14. The van der Waals surface area contributed by atoms with Gasteiger partial charge >= 0.3 is 0 Å². The van der Waals surface area contributed by atoms with Gasteiger partial charge in [0.2, 0.25) is 0 Å². The Morgan fingerprint density at radius 1 is 1.58 bits per heavy atom. The molecule has 100 valence electrons. The van der Waals surface area contributed by atoms with Crippen molar-refractivity contribution in [3.05, 3.63) is 46.5 Å². The fourth-order valence-corrected chi connectivity index (χ4v) is 1.97. The van der Waals surface area contributed by atoms with Crippen molar-refractivity contribution in [2.24, 2.45) is 0 Å². The SMILES string of the molecule is CCC(NC(=O)c1ccc(Br)c(O)c1)c1ncc[nH]1. The predicted molar refractivity (Wildman–Crippen MR) is 74.9 cm³/mol. The lowest BCUT2D eigenvalue weighted by atomic mass is 10.1. The summed E-state index contributed by atoms with van der Waals surface area (Å²) >= 11 is 3.18. The van der Waals surface area contributed by atoms with Crippen molar-refractivity contribution in [3.8, 4) is 5.75 Å². The molecule has 0 aliphatic heterocycles. The number of phenols is 1. The first-order valence-electron chi connectivity index (χ1n) is 5.90. The molecule has 0 saturated carbocycles. The first-order chi connectivity index (χ1) is 9.11. The highest BCUT2D eigenvalue weighted by atomic mass is 79.9. The molecule has 0 aliphatic carbocycles. The first-order valence-corrected chi connectivity index (χ1v) is 6.69. The van der Waals surface area contributed by atoms with Crippen LogP contribution >= 0.6 is 15.9 Å². The quantitative estimate of drug-likeness (QED) is 0.809. The Kier molecular flexibility index (Phi) is 4.21. The molecule has 3 N–H and O–H groups in total. The Morgan fingerprint density at radius 2 is 2.37 bits per heavy atom. The van der Waals surface area contributed by atoms with E-state index in [4.69, 9.17) is 0 Å². The van der Waals surface area contributed by atoms with Crippen LogP contribution in [0.4, 0.5) is 0 Å². The maximum absolute atomic E-state index is 12.1.